The predicted octanol–water partition coefficient (Wildman–Crippen LogP) is -0.194. The molecular formula is C11H9N9O5. The zero-order valence-electron chi connectivity index (χ0n) is 12.5. The number of furan rings is 1. The molecule has 3 aromatic heterocycles. The molecule has 3 N–H and O–H groups in total. The summed E-state index contributed by atoms with van der Waals surface area (Å²) in [5.74, 6) is -0.942. The van der Waals surface area contributed by atoms with Crippen LogP contribution in [-0.2, 0) is 0 Å². The van der Waals surface area contributed by atoms with Crippen molar-refractivity contribution in [3.05, 3.63) is 39.4 Å². The molecule has 0 aliphatic carbocycles. The molecule has 0 aliphatic rings. The number of hydrazone groups is 1. The molecule has 128 valence electrons. The molecule has 0 radical (unpaired) electrons. The van der Waals surface area contributed by atoms with Gasteiger partial charge in [0, 0.05) is 0 Å². The summed E-state index contributed by atoms with van der Waals surface area (Å²) in [4.78, 5) is 21.9. The lowest BCUT2D eigenvalue weighted by atomic mass is 10.3. The van der Waals surface area contributed by atoms with E-state index in [9.17, 15) is 14.9 Å². The van der Waals surface area contributed by atoms with Gasteiger partial charge in [-0.25, -0.2) is 10.1 Å². The van der Waals surface area contributed by atoms with Gasteiger partial charge in [-0.1, -0.05) is 5.21 Å². The lowest BCUT2D eigenvalue weighted by Gasteiger charge is -1.98. The molecule has 1 amide bonds. The van der Waals surface area contributed by atoms with E-state index in [1.807, 2.05) is 0 Å². The molecule has 0 saturated heterocycles. The third-order valence-corrected chi connectivity index (χ3v) is 2.96. The normalized spacial score (nSPS) is 11.1. The fourth-order valence-electron chi connectivity index (χ4n) is 1.80. The van der Waals surface area contributed by atoms with Crippen LogP contribution in [0.1, 0.15) is 21.9 Å². The van der Waals surface area contributed by atoms with Crippen LogP contribution in [0.25, 0.3) is 5.82 Å². The Labute approximate surface area is 137 Å². The van der Waals surface area contributed by atoms with Crippen LogP contribution in [0.5, 0.6) is 0 Å². The first kappa shape index (κ1) is 15.8. The lowest BCUT2D eigenvalue weighted by Crippen LogP contribution is -2.19. The van der Waals surface area contributed by atoms with Crippen molar-refractivity contribution in [2.75, 3.05) is 5.73 Å². The molecule has 0 aliphatic heterocycles. The predicted molar refractivity (Wildman–Crippen MR) is 78.8 cm³/mol. The highest BCUT2D eigenvalue weighted by molar-refractivity contribution is 5.93. The quantitative estimate of drug-likeness (QED) is 0.354. The number of hydrogen-bond donors (Lipinski definition) is 2. The number of nitrogen functional groups attached to an aromatic ring is 1. The van der Waals surface area contributed by atoms with Gasteiger partial charge in [-0.2, -0.15) is 9.78 Å². The molecule has 14 heteroatoms. The summed E-state index contributed by atoms with van der Waals surface area (Å²) in [6.07, 6.45) is 1.10. The number of nitrogens with zero attached hydrogens (tertiary/aromatic N) is 7. The van der Waals surface area contributed by atoms with Crippen molar-refractivity contribution in [3.63, 3.8) is 0 Å². The number of carbonyl (C=O) groups is 1. The Morgan fingerprint density at radius 2 is 2.28 bits per heavy atom. The minimum absolute atomic E-state index is 0.0163. The molecule has 0 fully saturated rings. The summed E-state index contributed by atoms with van der Waals surface area (Å²) >= 11 is 0. The van der Waals surface area contributed by atoms with Crippen LogP contribution in [0.3, 0.4) is 0 Å². The van der Waals surface area contributed by atoms with Crippen LogP contribution >= 0.6 is 0 Å². The van der Waals surface area contributed by atoms with E-state index in [0.717, 1.165) is 12.3 Å². The van der Waals surface area contributed by atoms with Gasteiger partial charge in [0.1, 0.15) is 4.92 Å². The number of anilines is 1. The van der Waals surface area contributed by atoms with Crippen molar-refractivity contribution >= 4 is 23.8 Å². The molecule has 0 unspecified atom stereocenters. The van der Waals surface area contributed by atoms with Crippen molar-refractivity contribution in [2.45, 2.75) is 6.92 Å². The van der Waals surface area contributed by atoms with E-state index in [1.165, 1.54) is 10.7 Å². The number of nitro groups is 1. The maximum atomic E-state index is 12.1. The number of carbonyl (C=O) groups excluding carboxylic acids is 1. The molecule has 0 aromatic carbocycles. The van der Waals surface area contributed by atoms with Crippen LogP contribution in [0.15, 0.2) is 26.3 Å². The average Bonchev–Trinajstić information content (AvgIpc) is 3.27. The Morgan fingerprint density at radius 3 is 2.92 bits per heavy atom. The molecule has 0 saturated carbocycles. The number of nitrogens with two attached hydrogens (primary N) is 1. The summed E-state index contributed by atoms with van der Waals surface area (Å²) < 4.78 is 10.5. The van der Waals surface area contributed by atoms with E-state index < -0.39 is 16.7 Å². The fraction of sp³-hybridized carbons (Fsp3) is 0.0909. The van der Waals surface area contributed by atoms with Crippen LogP contribution in [0.2, 0.25) is 0 Å². The first-order chi connectivity index (χ1) is 12.0. The van der Waals surface area contributed by atoms with Crippen LogP contribution in [0, 0.1) is 17.0 Å². The molecule has 0 spiro atoms. The smallest absolute Gasteiger partial charge is 0.400 e. The Bertz CT molecular complexity index is 968. The molecule has 3 aromatic rings. The third kappa shape index (κ3) is 3.03. The SMILES string of the molecule is Cc1c(C(=O)N/N=C/c2ccc([N+](=O)[O-])o2)nnn1-c1nonc1N. The van der Waals surface area contributed by atoms with Crippen LogP contribution < -0.4 is 11.2 Å². The molecule has 3 rings (SSSR count). The summed E-state index contributed by atoms with van der Waals surface area (Å²) in [6, 6.07) is 2.49. The van der Waals surface area contributed by atoms with Gasteiger partial charge < -0.3 is 10.2 Å². The van der Waals surface area contributed by atoms with Crippen molar-refractivity contribution in [3.8, 4) is 5.82 Å². The van der Waals surface area contributed by atoms with E-state index in [2.05, 4.69) is 35.8 Å². The molecule has 0 bridgehead atoms. The fourth-order valence-corrected chi connectivity index (χ4v) is 1.80. The highest BCUT2D eigenvalue weighted by Gasteiger charge is 2.20. The highest BCUT2D eigenvalue weighted by atomic mass is 16.6. The third-order valence-electron chi connectivity index (χ3n) is 2.96. The Kier molecular flexibility index (Phi) is 3.90. The number of rotatable bonds is 5. The molecule has 14 nitrogen and oxygen atoms in total. The maximum Gasteiger partial charge on any atom is 0.433 e. The Hall–Kier alpha value is -4.10. The molecule has 3 heterocycles. The molecule has 0 atom stereocenters. The number of aromatic nitrogens is 5. The zero-order chi connectivity index (χ0) is 18.0. The Balaban J connectivity index is 1.71. The second-order valence-electron chi connectivity index (χ2n) is 4.54. The standard InChI is InChI=1S/C11H9N9O5/c1-5-8(14-18-19(5)10-9(12)16-25-17-10)11(21)15-13-4-6-2-3-7(24-6)20(22)23/h2-4H,1H3,(H2,12,16)(H,15,21)/b13-4+. The number of amides is 1. The van der Waals surface area contributed by atoms with Gasteiger partial charge in [0.2, 0.25) is 11.6 Å². The minimum Gasteiger partial charge on any atom is -0.400 e. The largest absolute Gasteiger partial charge is 0.433 e. The van der Waals surface area contributed by atoms with Crippen molar-refractivity contribution in [1.82, 2.24) is 30.7 Å². The highest BCUT2D eigenvalue weighted by Crippen LogP contribution is 2.15. The van der Waals surface area contributed by atoms with Crippen molar-refractivity contribution in [1.29, 1.82) is 0 Å². The van der Waals surface area contributed by atoms with Crippen LogP contribution in [-0.4, -0.2) is 42.4 Å². The maximum absolute atomic E-state index is 12.1. The first-order valence-electron chi connectivity index (χ1n) is 6.55. The van der Waals surface area contributed by atoms with Crippen LogP contribution in [0.4, 0.5) is 11.7 Å². The van der Waals surface area contributed by atoms with Crippen molar-refractivity contribution < 1.29 is 18.8 Å². The van der Waals surface area contributed by atoms with Gasteiger partial charge in [0.05, 0.1) is 18.0 Å². The van der Waals surface area contributed by atoms with Gasteiger partial charge in [-0.05, 0) is 23.3 Å². The van der Waals surface area contributed by atoms with Crippen molar-refractivity contribution in [2.24, 2.45) is 5.10 Å². The Morgan fingerprint density at radius 1 is 1.48 bits per heavy atom. The van der Waals surface area contributed by atoms with E-state index in [-0.39, 0.29) is 23.1 Å². The topological polar surface area (TPSA) is 193 Å². The summed E-state index contributed by atoms with van der Waals surface area (Å²) in [6.45, 7) is 1.56. The number of nitrogens with one attached hydrogen (secondary N) is 1. The lowest BCUT2D eigenvalue weighted by molar-refractivity contribution is -0.402. The van der Waals surface area contributed by atoms with Gasteiger partial charge in [-0.3, -0.25) is 14.9 Å². The number of hydrogen-bond acceptors (Lipinski definition) is 11. The van der Waals surface area contributed by atoms with Gasteiger partial charge in [0.15, 0.2) is 11.5 Å². The second kappa shape index (κ2) is 6.19. The first-order valence-corrected chi connectivity index (χ1v) is 6.55. The van der Waals surface area contributed by atoms with Gasteiger partial charge >= 0.3 is 5.88 Å². The minimum atomic E-state index is -0.692. The van der Waals surface area contributed by atoms with E-state index in [1.54, 1.807) is 6.92 Å². The van der Waals surface area contributed by atoms with E-state index in [0.29, 0.717) is 5.69 Å². The second-order valence-corrected chi connectivity index (χ2v) is 4.54. The summed E-state index contributed by atoms with van der Waals surface area (Å²) in [7, 11) is 0. The van der Waals surface area contributed by atoms with Gasteiger partial charge in [0.25, 0.3) is 5.91 Å². The molecular weight excluding hydrogens is 338 g/mol. The zero-order valence-corrected chi connectivity index (χ0v) is 12.5. The van der Waals surface area contributed by atoms with Gasteiger partial charge in [-0.15, -0.1) is 5.10 Å². The summed E-state index contributed by atoms with van der Waals surface area (Å²) in [5.41, 5.74) is 8.04. The average molecular weight is 347 g/mol. The van der Waals surface area contributed by atoms with E-state index in [4.69, 9.17) is 10.2 Å². The molecule has 25 heavy (non-hydrogen) atoms. The van der Waals surface area contributed by atoms with E-state index >= 15 is 0 Å². The summed E-state index contributed by atoms with van der Waals surface area (Å²) in [5, 5.41) is 28.6. The monoisotopic (exact) mass is 347 g/mol.